The molecule has 1 N–H and O–H groups in total. The number of halogens is 1. The summed E-state index contributed by atoms with van der Waals surface area (Å²) in [4.78, 5) is 19.9. The molecule has 4 heterocycles. The van der Waals surface area contributed by atoms with Crippen LogP contribution in [0.5, 0.6) is 0 Å². The number of rotatable bonds is 4. The van der Waals surface area contributed by atoms with E-state index in [1.807, 2.05) is 13.0 Å². The monoisotopic (exact) mass is 389 g/mol. The molecule has 0 aliphatic heterocycles. The van der Waals surface area contributed by atoms with Gasteiger partial charge in [0.1, 0.15) is 11.3 Å². The summed E-state index contributed by atoms with van der Waals surface area (Å²) in [7, 11) is 0. The largest absolute Gasteiger partial charge is 0.348 e. The molecule has 0 amide bonds. The summed E-state index contributed by atoms with van der Waals surface area (Å²) < 4.78 is 16.5. The molecular formula is C20H16FN7O. The Hall–Kier alpha value is -3.88. The predicted octanol–water partition coefficient (Wildman–Crippen LogP) is 2.52. The van der Waals surface area contributed by atoms with Gasteiger partial charge in [0.25, 0.3) is 5.56 Å². The van der Waals surface area contributed by atoms with Crippen LogP contribution < -0.4 is 5.56 Å². The van der Waals surface area contributed by atoms with Crippen LogP contribution in [0.2, 0.25) is 0 Å². The Kier molecular flexibility index (Phi) is 3.94. The van der Waals surface area contributed by atoms with E-state index in [0.717, 1.165) is 22.5 Å². The Morgan fingerprint density at radius 2 is 1.97 bits per heavy atom. The molecule has 0 saturated carbocycles. The number of pyridine rings is 1. The first-order chi connectivity index (χ1) is 14.1. The third-order valence-corrected chi connectivity index (χ3v) is 4.94. The van der Waals surface area contributed by atoms with Crippen LogP contribution in [0.3, 0.4) is 0 Å². The SMILES string of the molecule is Cc1nn2c(nnc3c(=O)n(CCc4cnc[nH]4)ccc32)c1-c1ccc(F)cc1. The van der Waals surface area contributed by atoms with Gasteiger partial charge in [-0.05, 0) is 30.7 Å². The molecule has 0 fully saturated rings. The fraction of sp³-hybridized carbons (Fsp3) is 0.150. The van der Waals surface area contributed by atoms with Crippen LogP contribution in [0.15, 0.2) is 53.8 Å². The van der Waals surface area contributed by atoms with Crippen LogP contribution in [-0.2, 0) is 13.0 Å². The molecule has 29 heavy (non-hydrogen) atoms. The van der Waals surface area contributed by atoms with Gasteiger partial charge in [0.2, 0.25) is 0 Å². The van der Waals surface area contributed by atoms with E-state index in [2.05, 4.69) is 25.3 Å². The predicted molar refractivity (Wildman–Crippen MR) is 105 cm³/mol. The van der Waals surface area contributed by atoms with Gasteiger partial charge < -0.3 is 9.55 Å². The number of nitrogens with one attached hydrogen (secondary N) is 1. The molecule has 0 bridgehead atoms. The summed E-state index contributed by atoms with van der Waals surface area (Å²) in [5.74, 6) is -0.310. The second-order valence-electron chi connectivity index (χ2n) is 6.78. The highest BCUT2D eigenvalue weighted by Crippen LogP contribution is 2.28. The third-order valence-electron chi connectivity index (χ3n) is 4.94. The van der Waals surface area contributed by atoms with Crippen molar-refractivity contribution in [3.8, 4) is 11.1 Å². The van der Waals surface area contributed by atoms with E-state index >= 15 is 0 Å². The van der Waals surface area contributed by atoms with Crippen molar-refractivity contribution in [2.75, 3.05) is 0 Å². The van der Waals surface area contributed by atoms with Gasteiger partial charge in [-0.25, -0.2) is 13.9 Å². The highest BCUT2D eigenvalue weighted by molar-refractivity contribution is 5.84. The van der Waals surface area contributed by atoms with Gasteiger partial charge >= 0.3 is 0 Å². The normalized spacial score (nSPS) is 11.5. The van der Waals surface area contributed by atoms with Crippen molar-refractivity contribution in [3.63, 3.8) is 0 Å². The number of nitrogens with zero attached hydrogens (tertiary/aromatic N) is 6. The molecule has 0 aliphatic rings. The smallest absolute Gasteiger partial charge is 0.280 e. The van der Waals surface area contributed by atoms with Crippen molar-refractivity contribution in [2.45, 2.75) is 19.9 Å². The maximum atomic E-state index is 13.3. The van der Waals surface area contributed by atoms with E-state index in [0.29, 0.717) is 24.1 Å². The molecular weight excluding hydrogens is 373 g/mol. The highest BCUT2D eigenvalue weighted by Gasteiger charge is 2.17. The number of benzene rings is 1. The van der Waals surface area contributed by atoms with Crippen molar-refractivity contribution >= 4 is 16.7 Å². The number of H-pyrrole nitrogens is 1. The van der Waals surface area contributed by atoms with Gasteiger partial charge in [-0.2, -0.15) is 5.10 Å². The maximum absolute atomic E-state index is 13.3. The number of hydrogen-bond donors (Lipinski definition) is 1. The van der Waals surface area contributed by atoms with Gasteiger partial charge in [0.15, 0.2) is 11.2 Å². The second-order valence-corrected chi connectivity index (χ2v) is 6.78. The standard InChI is InChI=1S/C20H16FN7O/c1-12-17(13-2-4-14(21)5-3-13)19-25-24-18-16(28(19)26-12)7-9-27(20(18)29)8-6-15-10-22-11-23-15/h2-5,7,9-11H,6,8H2,1H3,(H,22,23). The molecule has 0 aliphatic carbocycles. The van der Waals surface area contributed by atoms with Gasteiger partial charge in [0.05, 0.1) is 17.6 Å². The third kappa shape index (κ3) is 2.87. The minimum Gasteiger partial charge on any atom is -0.348 e. The Bertz CT molecular complexity index is 1380. The topological polar surface area (TPSA) is 93.8 Å². The van der Waals surface area contributed by atoms with Crippen molar-refractivity contribution in [1.29, 1.82) is 0 Å². The van der Waals surface area contributed by atoms with E-state index in [9.17, 15) is 9.18 Å². The highest BCUT2D eigenvalue weighted by atomic mass is 19.1. The van der Waals surface area contributed by atoms with Crippen LogP contribution in [0.25, 0.3) is 27.8 Å². The molecule has 4 aromatic heterocycles. The average Bonchev–Trinajstić information content (AvgIpc) is 3.35. The number of aryl methyl sites for hydroxylation is 3. The van der Waals surface area contributed by atoms with Crippen LogP contribution in [0.4, 0.5) is 4.39 Å². The molecule has 9 heteroatoms. The fourth-order valence-electron chi connectivity index (χ4n) is 3.48. The molecule has 0 saturated heterocycles. The molecule has 0 spiro atoms. The van der Waals surface area contributed by atoms with Gasteiger partial charge in [0, 0.05) is 31.1 Å². The lowest BCUT2D eigenvalue weighted by Crippen LogP contribution is -2.22. The Balaban J connectivity index is 1.62. The van der Waals surface area contributed by atoms with Crippen LogP contribution in [0.1, 0.15) is 11.4 Å². The quantitative estimate of drug-likeness (QED) is 0.510. The molecule has 1 aromatic carbocycles. The van der Waals surface area contributed by atoms with Crippen molar-refractivity contribution in [1.82, 2.24) is 34.3 Å². The molecule has 5 rings (SSSR count). The number of aromatic amines is 1. The van der Waals surface area contributed by atoms with E-state index in [4.69, 9.17) is 0 Å². The summed E-state index contributed by atoms with van der Waals surface area (Å²) in [6.07, 6.45) is 5.73. The lowest BCUT2D eigenvalue weighted by molar-refractivity contribution is 0.628. The number of hydrogen-bond acceptors (Lipinski definition) is 5. The molecule has 0 unspecified atom stereocenters. The minimum atomic E-state index is -0.310. The van der Waals surface area contributed by atoms with E-state index in [1.165, 1.54) is 12.1 Å². The first-order valence-electron chi connectivity index (χ1n) is 9.10. The Labute approximate surface area is 163 Å². The van der Waals surface area contributed by atoms with Crippen LogP contribution in [0, 0.1) is 12.7 Å². The summed E-state index contributed by atoms with van der Waals surface area (Å²) in [5.41, 5.74) is 4.35. The molecule has 144 valence electrons. The van der Waals surface area contributed by atoms with Crippen LogP contribution in [-0.4, -0.2) is 34.3 Å². The Morgan fingerprint density at radius 3 is 2.72 bits per heavy atom. The number of fused-ring (bicyclic) bond motifs is 3. The number of imidazole rings is 1. The summed E-state index contributed by atoms with van der Waals surface area (Å²) in [6.45, 7) is 2.35. The maximum Gasteiger partial charge on any atom is 0.280 e. The lowest BCUT2D eigenvalue weighted by atomic mass is 10.1. The van der Waals surface area contributed by atoms with E-state index < -0.39 is 0 Å². The van der Waals surface area contributed by atoms with E-state index in [1.54, 1.807) is 39.9 Å². The summed E-state index contributed by atoms with van der Waals surface area (Å²) in [6, 6.07) is 7.96. The average molecular weight is 389 g/mol. The first-order valence-corrected chi connectivity index (χ1v) is 9.10. The molecule has 0 radical (unpaired) electrons. The molecule has 5 aromatic rings. The van der Waals surface area contributed by atoms with Gasteiger partial charge in [-0.15, -0.1) is 10.2 Å². The zero-order valence-corrected chi connectivity index (χ0v) is 15.5. The first kappa shape index (κ1) is 17.2. The minimum absolute atomic E-state index is 0.229. The number of aromatic nitrogens is 7. The zero-order valence-electron chi connectivity index (χ0n) is 15.5. The molecule has 0 atom stereocenters. The summed E-state index contributed by atoms with van der Waals surface area (Å²) >= 11 is 0. The van der Waals surface area contributed by atoms with Crippen molar-refractivity contribution < 1.29 is 4.39 Å². The fourth-order valence-corrected chi connectivity index (χ4v) is 3.48. The zero-order chi connectivity index (χ0) is 20.0. The van der Waals surface area contributed by atoms with Gasteiger partial charge in [-0.3, -0.25) is 4.79 Å². The second kappa shape index (κ2) is 6.62. The summed E-state index contributed by atoms with van der Waals surface area (Å²) in [5, 5.41) is 13.0. The van der Waals surface area contributed by atoms with Gasteiger partial charge in [-0.1, -0.05) is 12.1 Å². The van der Waals surface area contributed by atoms with Crippen molar-refractivity contribution in [2.24, 2.45) is 0 Å². The van der Waals surface area contributed by atoms with E-state index in [-0.39, 0.29) is 16.9 Å². The van der Waals surface area contributed by atoms with Crippen LogP contribution >= 0.6 is 0 Å². The molecule has 8 nitrogen and oxygen atoms in total. The lowest BCUT2D eigenvalue weighted by Gasteiger charge is -2.07. The Morgan fingerprint density at radius 1 is 1.14 bits per heavy atom. The van der Waals surface area contributed by atoms with Crippen molar-refractivity contribution in [3.05, 3.63) is 76.6 Å².